The third-order valence-electron chi connectivity index (χ3n) is 2.26. The average molecular weight is 202 g/mol. The lowest BCUT2D eigenvalue weighted by Gasteiger charge is -2.11. The van der Waals surface area contributed by atoms with Crippen molar-refractivity contribution in [2.75, 3.05) is 6.54 Å². The first-order chi connectivity index (χ1) is 7.36. The van der Waals surface area contributed by atoms with Crippen molar-refractivity contribution >= 4 is 0 Å². The molecule has 1 rings (SSSR count). The summed E-state index contributed by atoms with van der Waals surface area (Å²) in [5.41, 5.74) is 1.11. The molecule has 1 heterocycles. The molecule has 1 N–H and O–H groups in total. The molecule has 0 bridgehead atoms. The molecule has 1 aromatic heterocycles. The highest BCUT2D eigenvalue weighted by Gasteiger charge is 2.03. The monoisotopic (exact) mass is 202 g/mol. The Kier molecular flexibility index (Phi) is 5.50. The van der Waals surface area contributed by atoms with E-state index in [4.69, 9.17) is 6.42 Å². The van der Waals surface area contributed by atoms with Gasteiger partial charge in [-0.25, -0.2) is 0 Å². The number of rotatable bonds is 6. The minimum absolute atomic E-state index is 0.173. The highest BCUT2D eigenvalue weighted by Crippen LogP contribution is 2.01. The molecule has 0 saturated carbocycles. The van der Waals surface area contributed by atoms with Crippen LogP contribution in [-0.2, 0) is 6.42 Å². The molecule has 0 aliphatic rings. The molecule has 0 saturated heterocycles. The fourth-order valence-corrected chi connectivity index (χ4v) is 1.40. The highest BCUT2D eigenvalue weighted by atomic mass is 14.9. The number of nitrogens with one attached hydrogen (secondary N) is 1. The predicted octanol–water partition coefficient (Wildman–Crippen LogP) is 2.02. The first-order valence-corrected chi connectivity index (χ1v) is 5.46. The lowest BCUT2D eigenvalue weighted by molar-refractivity contribution is 0.563. The zero-order valence-electron chi connectivity index (χ0n) is 9.24. The smallest absolute Gasteiger partial charge is 0.0690 e. The van der Waals surface area contributed by atoms with E-state index in [2.05, 4.69) is 23.1 Å². The van der Waals surface area contributed by atoms with E-state index in [1.807, 2.05) is 24.4 Å². The van der Waals surface area contributed by atoms with E-state index < -0.39 is 0 Å². The molecular formula is C13H18N2. The summed E-state index contributed by atoms with van der Waals surface area (Å²) in [5, 5.41) is 3.33. The molecule has 0 aliphatic heterocycles. The van der Waals surface area contributed by atoms with E-state index in [1.54, 1.807) is 0 Å². The normalized spacial score (nSPS) is 12.0. The van der Waals surface area contributed by atoms with Crippen molar-refractivity contribution in [1.29, 1.82) is 0 Å². The summed E-state index contributed by atoms with van der Waals surface area (Å²) < 4.78 is 0. The summed E-state index contributed by atoms with van der Waals surface area (Å²) in [6, 6.07) is 6.14. The molecule has 15 heavy (non-hydrogen) atoms. The summed E-state index contributed by atoms with van der Waals surface area (Å²) in [7, 11) is 0. The molecule has 2 nitrogen and oxygen atoms in total. The van der Waals surface area contributed by atoms with Crippen LogP contribution < -0.4 is 5.32 Å². The van der Waals surface area contributed by atoms with Gasteiger partial charge in [-0.15, -0.1) is 6.42 Å². The third kappa shape index (κ3) is 4.62. The molecule has 0 aliphatic carbocycles. The number of aryl methyl sites for hydroxylation is 1. The van der Waals surface area contributed by atoms with Crippen LogP contribution >= 0.6 is 0 Å². The van der Waals surface area contributed by atoms with Gasteiger partial charge in [0.05, 0.1) is 6.04 Å². The minimum atomic E-state index is 0.173. The second-order valence-corrected chi connectivity index (χ2v) is 3.53. The topological polar surface area (TPSA) is 24.9 Å². The molecular weight excluding hydrogens is 184 g/mol. The van der Waals surface area contributed by atoms with Gasteiger partial charge in [-0.1, -0.05) is 18.9 Å². The lowest BCUT2D eigenvalue weighted by Crippen LogP contribution is -2.28. The number of nitrogens with zero attached hydrogens (tertiary/aromatic N) is 1. The maximum atomic E-state index is 5.44. The third-order valence-corrected chi connectivity index (χ3v) is 2.26. The molecule has 0 amide bonds. The Hall–Kier alpha value is -1.33. The van der Waals surface area contributed by atoms with Gasteiger partial charge < -0.3 is 5.32 Å². The van der Waals surface area contributed by atoms with Crippen LogP contribution in [0.4, 0.5) is 0 Å². The minimum Gasteiger partial charge on any atom is -0.304 e. The summed E-state index contributed by atoms with van der Waals surface area (Å²) in [6.45, 7) is 3.12. The van der Waals surface area contributed by atoms with Crippen LogP contribution in [-0.4, -0.2) is 17.6 Å². The van der Waals surface area contributed by atoms with Crippen molar-refractivity contribution in [3.8, 4) is 12.3 Å². The van der Waals surface area contributed by atoms with Crippen molar-refractivity contribution in [2.45, 2.75) is 32.2 Å². The molecule has 1 unspecified atom stereocenters. The fourth-order valence-electron chi connectivity index (χ4n) is 1.40. The molecule has 80 valence electrons. The second kappa shape index (κ2) is 7.03. The number of pyridine rings is 1. The maximum Gasteiger partial charge on any atom is 0.0690 e. The standard InChI is InChI=1S/C13H18N2/c1-3-10-14-12(4-2)8-9-13-7-5-6-11-15-13/h2,5-7,11-12,14H,3,8-10H2,1H3. The summed E-state index contributed by atoms with van der Waals surface area (Å²) >= 11 is 0. The Morgan fingerprint density at radius 3 is 3.00 bits per heavy atom. The molecule has 1 atom stereocenters. The predicted molar refractivity (Wildman–Crippen MR) is 63.5 cm³/mol. The summed E-state index contributed by atoms with van der Waals surface area (Å²) in [6.07, 6.45) is 10.3. The summed E-state index contributed by atoms with van der Waals surface area (Å²) in [5.74, 6) is 2.77. The van der Waals surface area contributed by atoms with Gasteiger partial charge in [-0.3, -0.25) is 4.98 Å². The van der Waals surface area contributed by atoms with Gasteiger partial charge in [-0.05, 0) is 37.9 Å². The molecule has 0 radical (unpaired) electrons. The van der Waals surface area contributed by atoms with E-state index in [9.17, 15) is 0 Å². The Morgan fingerprint density at radius 1 is 1.53 bits per heavy atom. The van der Waals surface area contributed by atoms with Gasteiger partial charge >= 0.3 is 0 Å². The molecule has 2 heteroatoms. The van der Waals surface area contributed by atoms with Gasteiger partial charge in [0.15, 0.2) is 0 Å². The Bertz CT molecular complexity index is 300. The van der Waals surface area contributed by atoms with Crippen molar-refractivity contribution in [2.24, 2.45) is 0 Å². The molecule has 0 spiro atoms. The van der Waals surface area contributed by atoms with Crippen LogP contribution in [0.5, 0.6) is 0 Å². The highest BCUT2D eigenvalue weighted by molar-refractivity contribution is 5.06. The van der Waals surface area contributed by atoms with Crippen molar-refractivity contribution < 1.29 is 0 Å². The van der Waals surface area contributed by atoms with Gasteiger partial charge in [0.1, 0.15) is 0 Å². The quantitative estimate of drug-likeness (QED) is 0.714. The van der Waals surface area contributed by atoms with Crippen LogP contribution in [0.3, 0.4) is 0 Å². The van der Waals surface area contributed by atoms with Crippen LogP contribution in [0.1, 0.15) is 25.5 Å². The van der Waals surface area contributed by atoms with Crippen LogP contribution in [0, 0.1) is 12.3 Å². The largest absolute Gasteiger partial charge is 0.304 e. The van der Waals surface area contributed by atoms with Crippen molar-refractivity contribution in [1.82, 2.24) is 10.3 Å². The van der Waals surface area contributed by atoms with Crippen molar-refractivity contribution in [3.63, 3.8) is 0 Å². The molecule has 1 aromatic rings. The molecule has 0 fully saturated rings. The number of hydrogen-bond donors (Lipinski definition) is 1. The van der Waals surface area contributed by atoms with Crippen LogP contribution in [0.15, 0.2) is 24.4 Å². The Balaban J connectivity index is 2.32. The Morgan fingerprint density at radius 2 is 2.40 bits per heavy atom. The fraction of sp³-hybridized carbons (Fsp3) is 0.462. The first kappa shape index (κ1) is 11.7. The Labute approximate surface area is 92.1 Å². The van der Waals surface area contributed by atoms with Gasteiger partial charge in [-0.2, -0.15) is 0 Å². The van der Waals surface area contributed by atoms with Gasteiger partial charge in [0.25, 0.3) is 0 Å². The van der Waals surface area contributed by atoms with Gasteiger partial charge in [0.2, 0.25) is 0 Å². The number of terminal acetylenes is 1. The first-order valence-electron chi connectivity index (χ1n) is 5.46. The van der Waals surface area contributed by atoms with Crippen LogP contribution in [0.25, 0.3) is 0 Å². The van der Waals surface area contributed by atoms with Crippen LogP contribution in [0.2, 0.25) is 0 Å². The van der Waals surface area contributed by atoms with E-state index >= 15 is 0 Å². The van der Waals surface area contributed by atoms with Crippen molar-refractivity contribution in [3.05, 3.63) is 30.1 Å². The van der Waals surface area contributed by atoms with E-state index in [0.29, 0.717) is 0 Å². The SMILES string of the molecule is C#CC(CCc1ccccn1)NCCC. The molecule has 0 aromatic carbocycles. The second-order valence-electron chi connectivity index (χ2n) is 3.53. The number of aromatic nitrogens is 1. The zero-order chi connectivity index (χ0) is 10.9. The van der Waals surface area contributed by atoms with E-state index in [-0.39, 0.29) is 6.04 Å². The average Bonchev–Trinajstić information content (AvgIpc) is 2.31. The number of hydrogen-bond acceptors (Lipinski definition) is 2. The summed E-state index contributed by atoms with van der Waals surface area (Å²) in [4.78, 5) is 4.27. The van der Waals surface area contributed by atoms with Gasteiger partial charge in [0, 0.05) is 11.9 Å². The van der Waals surface area contributed by atoms with E-state index in [1.165, 1.54) is 0 Å². The maximum absolute atomic E-state index is 5.44. The lowest BCUT2D eigenvalue weighted by atomic mass is 10.1. The zero-order valence-corrected chi connectivity index (χ0v) is 9.24. The van der Waals surface area contributed by atoms with E-state index in [0.717, 1.165) is 31.5 Å².